The van der Waals surface area contributed by atoms with Gasteiger partial charge in [-0.2, -0.15) is 13.2 Å². The summed E-state index contributed by atoms with van der Waals surface area (Å²) in [7, 11) is 0. The third-order valence-electron chi connectivity index (χ3n) is 3.85. The molecule has 2 amide bonds. The first kappa shape index (κ1) is 18.6. The Morgan fingerprint density at radius 2 is 1.79 bits per heavy atom. The van der Waals surface area contributed by atoms with Crippen LogP contribution in [0.3, 0.4) is 0 Å². The van der Waals surface area contributed by atoms with Gasteiger partial charge in [0.2, 0.25) is 11.8 Å². The Labute approximate surface area is 142 Å². The summed E-state index contributed by atoms with van der Waals surface area (Å²) in [5, 5.41) is 4.62. The van der Waals surface area contributed by atoms with E-state index in [9.17, 15) is 22.8 Å². The molecule has 0 radical (unpaired) electrons. The lowest BCUT2D eigenvalue weighted by Gasteiger charge is -2.22. The van der Waals surface area contributed by atoms with Gasteiger partial charge in [0, 0.05) is 11.7 Å². The summed E-state index contributed by atoms with van der Waals surface area (Å²) in [6.45, 7) is 0. The molecule has 1 aliphatic rings. The summed E-state index contributed by atoms with van der Waals surface area (Å²) >= 11 is 5.51. The lowest BCUT2D eigenvalue weighted by Crippen LogP contribution is -2.37. The van der Waals surface area contributed by atoms with Gasteiger partial charge in [0.15, 0.2) is 0 Å². The second-order valence-corrected chi connectivity index (χ2v) is 6.23. The standard InChI is InChI=1S/C16H18ClF3N2O2/c17-13-7-6-11(8-12(13)16(18,19)20)22-15(24)9-14(23)21-10-4-2-1-3-5-10/h6-8,10H,1-5,9H2,(H,21,23)(H,22,24). The van der Waals surface area contributed by atoms with Crippen LogP contribution in [-0.2, 0) is 15.8 Å². The molecule has 132 valence electrons. The Hall–Kier alpha value is -1.76. The molecule has 4 nitrogen and oxygen atoms in total. The molecule has 0 aromatic heterocycles. The van der Waals surface area contributed by atoms with Crippen LogP contribution in [0.1, 0.15) is 44.1 Å². The van der Waals surface area contributed by atoms with E-state index >= 15 is 0 Å². The van der Waals surface area contributed by atoms with Crippen LogP contribution >= 0.6 is 11.6 Å². The van der Waals surface area contributed by atoms with Gasteiger partial charge < -0.3 is 10.6 Å². The molecule has 0 aliphatic heterocycles. The maximum absolute atomic E-state index is 12.8. The van der Waals surface area contributed by atoms with Gasteiger partial charge in [0.1, 0.15) is 6.42 Å². The fourth-order valence-electron chi connectivity index (χ4n) is 2.70. The monoisotopic (exact) mass is 362 g/mol. The Bertz CT molecular complexity index is 614. The lowest BCUT2D eigenvalue weighted by atomic mass is 9.95. The topological polar surface area (TPSA) is 58.2 Å². The summed E-state index contributed by atoms with van der Waals surface area (Å²) in [6, 6.07) is 3.14. The van der Waals surface area contributed by atoms with E-state index < -0.39 is 35.0 Å². The van der Waals surface area contributed by atoms with Crippen molar-refractivity contribution in [3.63, 3.8) is 0 Å². The normalized spacial score (nSPS) is 15.8. The largest absolute Gasteiger partial charge is 0.417 e. The summed E-state index contributed by atoms with van der Waals surface area (Å²) in [4.78, 5) is 23.6. The summed E-state index contributed by atoms with van der Waals surface area (Å²) < 4.78 is 38.3. The van der Waals surface area contributed by atoms with Crippen LogP contribution in [0.25, 0.3) is 0 Å². The molecule has 1 saturated carbocycles. The van der Waals surface area contributed by atoms with Crippen molar-refractivity contribution in [1.82, 2.24) is 5.32 Å². The first-order valence-electron chi connectivity index (χ1n) is 7.71. The first-order valence-corrected chi connectivity index (χ1v) is 8.09. The molecule has 1 aromatic carbocycles. The number of carbonyl (C=O) groups is 2. The second-order valence-electron chi connectivity index (χ2n) is 5.82. The van der Waals surface area contributed by atoms with Gasteiger partial charge >= 0.3 is 6.18 Å². The number of nitrogens with one attached hydrogen (secondary N) is 2. The van der Waals surface area contributed by atoms with Crippen LogP contribution in [0.2, 0.25) is 5.02 Å². The molecule has 8 heteroatoms. The summed E-state index contributed by atoms with van der Waals surface area (Å²) in [5.41, 5.74) is -1.09. The van der Waals surface area contributed by atoms with Gasteiger partial charge in [-0.1, -0.05) is 30.9 Å². The Morgan fingerprint density at radius 3 is 2.42 bits per heavy atom. The van der Waals surface area contributed by atoms with Crippen LogP contribution in [0.5, 0.6) is 0 Å². The number of hydrogen-bond donors (Lipinski definition) is 2. The van der Waals surface area contributed by atoms with Crippen molar-refractivity contribution in [2.45, 2.75) is 50.7 Å². The van der Waals surface area contributed by atoms with Gasteiger partial charge in [0.25, 0.3) is 0 Å². The molecule has 1 fully saturated rings. The number of hydrogen-bond acceptors (Lipinski definition) is 2. The Balaban J connectivity index is 1.91. The van der Waals surface area contributed by atoms with E-state index in [0.29, 0.717) is 0 Å². The average molecular weight is 363 g/mol. The smallest absolute Gasteiger partial charge is 0.353 e. The third-order valence-corrected chi connectivity index (χ3v) is 4.18. The van der Waals surface area contributed by atoms with E-state index in [0.717, 1.165) is 44.2 Å². The molecule has 2 rings (SSSR count). The van der Waals surface area contributed by atoms with Crippen LogP contribution in [-0.4, -0.2) is 17.9 Å². The average Bonchev–Trinajstić information content (AvgIpc) is 2.48. The molecule has 0 saturated heterocycles. The minimum Gasteiger partial charge on any atom is -0.353 e. The number of carbonyl (C=O) groups excluding carboxylic acids is 2. The van der Waals surface area contributed by atoms with Crippen LogP contribution in [0, 0.1) is 0 Å². The maximum atomic E-state index is 12.8. The first-order chi connectivity index (χ1) is 11.3. The van der Waals surface area contributed by atoms with Crippen LogP contribution in [0.15, 0.2) is 18.2 Å². The highest BCUT2D eigenvalue weighted by molar-refractivity contribution is 6.31. The molecule has 1 aromatic rings. The number of benzene rings is 1. The van der Waals surface area contributed by atoms with Crippen LogP contribution in [0.4, 0.5) is 18.9 Å². The van der Waals surface area contributed by atoms with Crippen molar-refractivity contribution in [1.29, 1.82) is 0 Å². The molecule has 0 atom stereocenters. The van der Waals surface area contributed by atoms with Crippen molar-refractivity contribution in [2.75, 3.05) is 5.32 Å². The van der Waals surface area contributed by atoms with E-state index in [1.165, 1.54) is 6.07 Å². The molecule has 2 N–H and O–H groups in total. The minimum absolute atomic E-state index is 0.0535. The molecular weight excluding hydrogens is 345 g/mol. The molecule has 0 spiro atoms. The highest BCUT2D eigenvalue weighted by atomic mass is 35.5. The minimum atomic E-state index is -4.61. The van der Waals surface area contributed by atoms with E-state index in [4.69, 9.17) is 11.6 Å². The molecule has 1 aliphatic carbocycles. The zero-order chi connectivity index (χ0) is 17.7. The number of alkyl halides is 3. The van der Waals surface area contributed by atoms with Gasteiger partial charge in [-0.3, -0.25) is 9.59 Å². The second kappa shape index (κ2) is 7.88. The highest BCUT2D eigenvalue weighted by Crippen LogP contribution is 2.36. The SMILES string of the molecule is O=C(CC(=O)NC1CCCCC1)Nc1ccc(Cl)c(C(F)(F)F)c1. The predicted molar refractivity (Wildman–Crippen MR) is 84.7 cm³/mol. The van der Waals surface area contributed by atoms with Gasteiger partial charge in [-0.25, -0.2) is 0 Å². The zero-order valence-corrected chi connectivity index (χ0v) is 13.6. The lowest BCUT2D eigenvalue weighted by molar-refractivity contribution is -0.137. The molecule has 0 bridgehead atoms. The number of anilines is 1. The van der Waals surface area contributed by atoms with E-state index in [1.54, 1.807) is 0 Å². The Kier molecular flexibility index (Phi) is 6.10. The van der Waals surface area contributed by atoms with Crippen LogP contribution < -0.4 is 10.6 Å². The van der Waals surface area contributed by atoms with Crippen molar-refractivity contribution >= 4 is 29.1 Å². The molecular formula is C16H18ClF3N2O2. The zero-order valence-electron chi connectivity index (χ0n) is 12.9. The summed E-state index contributed by atoms with van der Waals surface area (Å²) in [5.74, 6) is -1.09. The van der Waals surface area contributed by atoms with Crippen molar-refractivity contribution in [3.8, 4) is 0 Å². The van der Waals surface area contributed by atoms with Crippen molar-refractivity contribution in [3.05, 3.63) is 28.8 Å². The number of amides is 2. The van der Waals surface area contributed by atoms with E-state index in [-0.39, 0.29) is 11.7 Å². The maximum Gasteiger partial charge on any atom is 0.417 e. The molecule has 0 unspecified atom stereocenters. The van der Waals surface area contributed by atoms with E-state index in [2.05, 4.69) is 10.6 Å². The highest BCUT2D eigenvalue weighted by Gasteiger charge is 2.33. The fourth-order valence-corrected chi connectivity index (χ4v) is 2.92. The van der Waals surface area contributed by atoms with Gasteiger partial charge in [0.05, 0.1) is 10.6 Å². The van der Waals surface area contributed by atoms with Gasteiger partial charge in [-0.15, -0.1) is 0 Å². The van der Waals surface area contributed by atoms with E-state index in [1.807, 2.05) is 0 Å². The predicted octanol–water partition coefficient (Wildman–Crippen LogP) is 4.14. The number of halogens is 4. The molecule has 0 heterocycles. The fraction of sp³-hybridized carbons (Fsp3) is 0.500. The quantitative estimate of drug-likeness (QED) is 0.791. The molecule has 24 heavy (non-hydrogen) atoms. The number of rotatable bonds is 4. The summed E-state index contributed by atoms with van der Waals surface area (Å²) in [6.07, 6.45) is -0.0368. The van der Waals surface area contributed by atoms with Crippen molar-refractivity contribution in [2.24, 2.45) is 0 Å². The Morgan fingerprint density at radius 1 is 1.12 bits per heavy atom. The van der Waals surface area contributed by atoms with Crippen molar-refractivity contribution < 1.29 is 22.8 Å². The third kappa shape index (κ3) is 5.40. The van der Waals surface area contributed by atoms with Gasteiger partial charge in [-0.05, 0) is 31.0 Å².